The van der Waals surface area contributed by atoms with Crippen LogP contribution < -0.4 is 10.6 Å². The molecule has 148 valence electrons. The number of benzene rings is 2. The van der Waals surface area contributed by atoms with Crippen LogP contribution in [0.25, 0.3) is 11.3 Å². The number of carbonyl (C=O) groups is 1. The van der Waals surface area contributed by atoms with Gasteiger partial charge >= 0.3 is 0 Å². The molecule has 0 radical (unpaired) electrons. The molecule has 0 spiro atoms. The van der Waals surface area contributed by atoms with E-state index >= 15 is 0 Å². The molecule has 0 saturated carbocycles. The number of nitrogens with one attached hydrogen (secondary N) is 2. The molecule has 4 aromatic rings. The van der Waals surface area contributed by atoms with Gasteiger partial charge in [0.15, 0.2) is 5.15 Å². The Morgan fingerprint density at radius 3 is 2.57 bits per heavy atom. The van der Waals surface area contributed by atoms with Gasteiger partial charge in [0, 0.05) is 29.1 Å². The highest BCUT2D eigenvalue weighted by Crippen LogP contribution is 2.23. The smallest absolute Gasteiger partial charge is 0.255 e. The number of rotatable bonds is 5. The van der Waals surface area contributed by atoms with Crippen molar-refractivity contribution >= 4 is 34.7 Å². The van der Waals surface area contributed by atoms with E-state index in [1.807, 2.05) is 49.4 Å². The van der Waals surface area contributed by atoms with Crippen molar-refractivity contribution in [3.05, 3.63) is 95.5 Å². The van der Waals surface area contributed by atoms with E-state index in [4.69, 9.17) is 11.6 Å². The first-order chi connectivity index (χ1) is 14.6. The number of pyridine rings is 1. The predicted octanol–water partition coefficient (Wildman–Crippen LogP) is 5.50. The van der Waals surface area contributed by atoms with Gasteiger partial charge in [0.2, 0.25) is 0 Å². The first kappa shape index (κ1) is 19.5. The molecule has 4 rings (SSSR count). The fraction of sp³-hybridized carbons (Fsp3) is 0.0435. The summed E-state index contributed by atoms with van der Waals surface area (Å²) in [6.07, 6.45) is 1.57. The summed E-state index contributed by atoms with van der Waals surface area (Å²) in [5, 5.41) is 6.27. The van der Waals surface area contributed by atoms with Crippen LogP contribution in [-0.2, 0) is 0 Å². The summed E-state index contributed by atoms with van der Waals surface area (Å²) < 4.78 is 0. The van der Waals surface area contributed by atoms with E-state index in [9.17, 15) is 4.79 Å². The zero-order valence-electron chi connectivity index (χ0n) is 16.1. The Morgan fingerprint density at radius 2 is 1.77 bits per heavy atom. The Bertz CT molecular complexity index is 1200. The van der Waals surface area contributed by atoms with Gasteiger partial charge in [0.1, 0.15) is 11.6 Å². The number of hydrogen-bond donors (Lipinski definition) is 2. The maximum atomic E-state index is 12.6. The molecule has 0 aliphatic carbocycles. The first-order valence-corrected chi connectivity index (χ1v) is 9.66. The molecular formula is C23H18ClN5O. The fourth-order valence-corrected chi connectivity index (χ4v) is 3.11. The summed E-state index contributed by atoms with van der Waals surface area (Å²) in [6.45, 7) is 1.85. The van der Waals surface area contributed by atoms with E-state index in [0.717, 1.165) is 16.9 Å². The van der Waals surface area contributed by atoms with Crippen LogP contribution in [0.4, 0.5) is 17.2 Å². The van der Waals surface area contributed by atoms with Crippen LogP contribution in [0.15, 0.2) is 79.0 Å². The zero-order valence-corrected chi connectivity index (χ0v) is 16.9. The number of nitrogens with zero attached hydrogens (tertiary/aromatic N) is 3. The third kappa shape index (κ3) is 4.61. The van der Waals surface area contributed by atoms with E-state index in [-0.39, 0.29) is 11.1 Å². The zero-order chi connectivity index (χ0) is 20.9. The molecule has 30 heavy (non-hydrogen) atoms. The molecule has 0 saturated heterocycles. The normalized spacial score (nSPS) is 10.5. The van der Waals surface area contributed by atoms with Crippen molar-refractivity contribution in [3.63, 3.8) is 0 Å². The summed E-state index contributed by atoms with van der Waals surface area (Å²) in [5.74, 6) is 1.02. The summed E-state index contributed by atoms with van der Waals surface area (Å²) >= 11 is 6.02. The second-order valence-corrected chi connectivity index (χ2v) is 6.91. The molecule has 2 aromatic carbocycles. The molecule has 1 amide bonds. The maximum absolute atomic E-state index is 12.6. The van der Waals surface area contributed by atoms with Crippen LogP contribution in [0, 0.1) is 6.92 Å². The molecular weight excluding hydrogens is 398 g/mol. The van der Waals surface area contributed by atoms with Crippen molar-refractivity contribution in [2.24, 2.45) is 0 Å². The third-order valence-electron chi connectivity index (χ3n) is 4.31. The number of aryl methyl sites for hydroxylation is 1. The Balaban J connectivity index is 1.56. The van der Waals surface area contributed by atoms with Crippen molar-refractivity contribution in [1.29, 1.82) is 0 Å². The van der Waals surface area contributed by atoms with E-state index in [0.29, 0.717) is 22.9 Å². The molecule has 2 heterocycles. The Hall–Kier alpha value is -3.77. The third-order valence-corrected chi connectivity index (χ3v) is 4.61. The minimum atomic E-state index is -0.280. The van der Waals surface area contributed by atoms with Crippen LogP contribution in [0.3, 0.4) is 0 Å². The second kappa shape index (κ2) is 8.71. The van der Waals surface area contributed by atoms with Crippen molar-refractivity contribution < 1.29 is 4.79 Å². The molecule has 6 nitrogen and oxygen atoms in total. The number of halogens is 1. The van der Waals surface area contributed by atoms with E-state index in [1.54, 1.807) is 36.5 Å². The van der Waals surface area contributed by atoms with Crippen LogP contribution in [0.5, 0.6) is 0 Å². The predicted molar refractivity (Wildman–Crippen MR) is 119 cm³/mol. The van der Waals surface area contributed by atoms with Crippen molar-refractivity contribution in [1.82, 2.24) is 15.0 Å². The van der Waals surface area contributed by atoms with Crippen LogP contribution in [0.1, 0.15) is 16.2 Å². The van der Waals surface area contributed by atoms with Crippen LogP contribution >= 0.6 is 11.6 Å². The van der Waals surface area contributed by atoms with Crippen molar-refractivity contribution in [2.75, 3.05) is 10.6 Å². The minimum absolute atomic E-state index is 0.241. The molecule has 7 heteroatoms. The molecule has 2 N–H and O–H groups in total. The van der Waals surface area contributed by atoms with Gasteiger partial charge in [0.05, 0.1) is 11.4 Å². The maximum Gasteiger partial charge on any atom is 0.255 e. The first-order valence-electron chi connectivity index (χ1n) is 9.28. The van der Waals surface area contributed by atoms with Crippen molar-refractivity contribution in [3.8, 4) is 11.3 Å². The van der Waals surface area contributed by atoms with Gasteiger partial charge in [-0.2, -0.15) is 0 Å². The van der Waals surface area contributed by atoms with Gasteiger partial charge in [-0.05, 0) is 37.3 Å². The number of amides is 1. The topological polar surface area (TPSA) is 79.8 Å². The molecule has 0 aliphatic heterocycles. The van der Waals surface area contributed by atoms with E-state index in [1.165, 1.54) is 0 Å². The lowest BCUT2D eigenvalue weighted by Gasteiger charge is -2.11. The second-order valence-electron chi connectivity index (χ2n) is 6.55. The van der Waals surface area contributed by atoms with Crippen LogP contribution in [0.2, 0.25) is 5.15 Å². The van der Waals surface area contributed by atoms with Gasteiger partial charge in [-0.3, -0.25) is 4.79 Å². The van der Waals surface area contributed by atoms with Crippen LogP contribution in [-0.4, -0.2) is 20.9 Å². The summed E-state index contributed by atoms with van der Waals surface area (Å²) in [7, 11) is 0. The van der Waals surface area contributed by atoms with E-state index < -0.39 is 0 Å². The van der Waals surface area contributed by atoms with Gasteiger partial charge in [-0.15, -0.1) is 0 Å². The molecule has 2 aromatic heterocycles. The molecule has 0 unspecified atom stereocenters. The standard InChI is InChI=1S/C23H18ClN5O/c1-15-26-20(16-7-3-2-4-8-16)14-21(27-15)28-18-10-5-9-17(13-18)23(30)29-19-11-6-12-25-22(19)24/h2-14H,1H3,(H,29,30)(H,26,27,28). The Kier molecular flexibility index (Phi) is 5.68. The average molecular weight is 416 g/mol. The lowest BCUT2D eigenvalue weighted by molar-refractivity contribution is 0.102. The Labute approximate surface area is 179 Å². The summed E-state index contributed by atoms with van der Waals surface area (Å²) in [5.41, 5.74) is 3.51. The van der Waals surface area contributed by atoms with Gasteiger partial charge in [-0.25, -0.2) is 15.0 Å². The fourth-order valence-electron chi connectivity index (χ4n) is 2.95. The SMILES string of the molecule is Cc1nc(Nc2cccc(C(=O)Nc3cccnc3Cl)c2)cc(-c2ccccc2)n1. The lowest BCUT2D eigenvalue weighted by atomic mass is 10.1. The average Bonchev–Trinajstić information content (AvgIpc) is 2.76. The molecule has 0 fully saturated rings. The minimum Gasteiger partial charge on any atom is -0.340 e. The number of carbonyl (C=O) groups excluding carboxylic acids is 1. The largest absolute Gasteiger partial charge is 0.340 e. The monoisotopic (exact) mass is 415 g/mol. The van der Waals surface area contributed by atoms with Crippen molar-refractivity contribution in [2.45, 2.75) is 6.92 Å². The highest BCUT2D eigenvalue weighted by Gasteiger charge is 2.10. The molecule has 0 aliphatic rings. The Morgan fingerprint density at radius 1 is 0.933 bits per heavy atom. The number of aromatic nitrogens is 3. The van der Waals surface area contributed by atoms with E-state index in [2.05, 4.69) is 25.6 Å². The highest BCUT2D eigenvalue weighted by atomic mass is 35.5. The van der Waals surface area contributed by atoms with Gasteiger partial charge < -0.3 is 10.6 Å². The quantitative estimate of drug-likeness (QED) is 0.421. The highest BCUT2D eigenvalue weighted by molar-refractivity contribution is 6.32. The summed E-state index contributed by atoms with van der Waals surface area (Å²) in [6, 6.07) is 22.3. The lowest BCUT2D eigenvalue weighted by Crippen LogP contribution is -2.12. The molecule has 0 atom stereocenters. The molecule has 0 bridgehead atoms. The number of hydrogen-bond acceptors (Lipinski definition) is 5. The number of anilines is 3. The summed E-state index contributed by atoms with van der Waals surface area (Å²) in [4.78, 5) is 25.6. The van der Waals surface area contributed by atoms with Gasteiger partial charge in [-0.1, -0.05) is 48.0 Å². The van der Waals surface area contributed by atoms with Gasteiger partial charge in [0.25, 0.3) is 5.91 Å².